The molecule has 2 rings (SSSR count). The minimum atomic E-state index is -0.692. The Kier molecular flexibility index (Phi) is 4.05. The second-order valence-electron chi connectivity index (χ2n) is 5.66. The number of hydrogen-bond acceptors (Lipinski definition) is 3. The van der Waals surface area contributed by atoms with Crippen LogP contribution in [-0.2, 0) is 4.79 Å². The highest BCUT2D eigenvalue weighted by Gasteiger charge is 2.41. The number of nitrogens with one attached hydrogen (secondary N) is 2. The Bertz CT molecular complexity index is 277. The van der Waals surface area contributed by atoms with E-state index in [1.165, 1.54) is 32.1 Å². The van der Waals surface area contributed by atoms with Crippen LogP contribution in [0.25, 0.3) is 0 Å². The lowest BCUT2D eigenvalue weighted by molar-refractivity contribution is -0.139. The molecule has 1 heterocycles. The third kappa shape index (κ3) is 2.99. The van der Waals surface area contributed by atoms with Crippen molar-refractivity contribution in [2.75, 3.05) is 13.1 Å². The second kappa shape index (κ2) is 5.36. The maximum Gasteiger partial charge on any atom is 0.305 e. The SMILES string of the molecule is CCC1CCCCC1NC1(CC(=O)O)CNC1. The fourth-order valence-electron chi connectivity index (χ4n) is 3.27. The molecule has 4 heteroatoms. The van der Waals surface area contributed by atoms with E-state index in [0.717, 1.165) is 19.0 Å². The van der Waals surface area contributed by atoms with Gasteiger partial charge in [-0.05, 0) is 18.8 Å². The first-order valence-electron chi connectivity index (χ1n) is 6.85. The summed E-state index contributed by atoms with van der Waals surface area (Å²) in [7, 11) is 0. The van der Waals surface area contributed by atoms with Gasteiger partial charge in [-0.15, -0.1) is 0 Å². The van der Waals surface area contributed by atoms with Gasteiger partial charge in [0.15, 0.2) is 0 Å². The van der Waals surface area contributed by atoms with Crippen molar-refractivity contribution in [3.8, 4) is 0 Å². The van der Waals surface area contributed by atoms with Crippen LogP contribution in [0.15, 0.2) is 0 Å². The van der Waals surface area contributed by atoms with E-state index in [1.54, 1.807) is 0 Å². The predicted molar refractivity (Wildman–Crippen MR) is 67.0 cm³/mol. The van der Waals surface area contributed by atoms with Crippen molar-refractivity contribution in [1.82, 2.24) is 10.6 Å². The van der Waals surface area contributed by atoms with E-state index < -0.39 is 5.97 Å². The Morgan fingerprint density at radius 1 is 1.41 bits per heavy atom. The quantitative estimate of drug-likeness (QED) is 0.679. The van der Waals surface area contributed by atoms with Gasteiger partial charge in [0.1, 0.15) is 0 Å². The number of rotatable bonds is 5. The molecule has 17 heavy (non-hydrogen) atoms. The van der Waals surface area contributed by atoms with Crippen LogP contribution in [0.5, 0.6) is 0 Å². The van der Waals surface area contributed by atoms with Crippen molar-refractivity contribution in [2.45, 2.75) is 57.0 Å². The molecule has 1 aliphatic heterocycles. The third-order valence-corrected chi connectivity index (χ3v) is 4.34. The largest absolute Gasteiger partial charge is 0.481 e. The molecule has 1 saturated heterocycles. The first-order valence-corrected chi connectivity index (χ1v) is 6.85. The van der Waals surface area contributed by atoms with Gasteiger partial charge < -0.3 is 15.7 Å². The van der Waals surface area contributed by atoms with Crippen LogP contribution in [0.3, 0.4) is 0 Å². The van der Waals surface area contributed by atoms with E-state index in [4.69, 9.17) is 5.11 Å². The van der Waals surface area contributed by atoms with Gasteiger partial charge in [0.25, 0.3) is 0 Å². The minimum absolute atomic E-state index is 0.179. The molecule has 2 unspecified atom stereocenters. The average molecular weight is 240 g/mol. The predicted octanol–water partition coefficient (Wildman–Crippen LogP) is 1.36. The van der Waals surface area contributed by atoms with E-state index in [9.17, 15) is 4.79 Å². The molecule has 0 aromatic rings. The number of aliphatic carboxylic acids is 1. The smallest absolute Gasteiger partial charge is 0.305 e. The van der Waals surface area contributed by atoms with E-state index in [-0.39, 0.29) is 12.0 Å². The summed E-state index contributed by atoms with van der Waals surface area (Å²) in [6, 6.07) is 0.523. The third-order valence-electron chi connectivity index (χ3n) is 4.34. The Labute approximate surface area is 103 Å². The second-order valence-corrected chi connectivity index (χ2v) is 5.66. The maximum atomic E-state index is 10.9. The summed E-state index contributed by atoms with van der Waals surface area (Å²) in [6.07, 6.45) is 6.57. The van der Waals surface area contributed by atoms with Gasteiger partial charge in [0.2, 0.25) is 0 Å². The molecule has 0 aromatic carbocycles. The Morgan fingerprint density at radius 2 is 2.12 bits per heavy atom. The molecule has 0 radical (unpaired) electrons. The molecule has 2 fully saturated rings. The van der Waals surface area contributed by atoms with E-state index in [0.29, 0.717) is 6.04 Å². The summed E-state index contributed by atoms with van der Waals surface area (Å²) in [5.74, 6) is 0.0397. The summed E-state index contributed by atoms with van der Waals surface area (Å²) in [4.78, 5) is 10.9. The number of hydrogen-bond donors (Lipinski definition) is 3. The molecule has 0 aromatic heterocycles. The van der Waals surface area contributed by atoms with E-state index in [1.807, 2.05) is 0 Å². The molecular formula is C13H24N2O2. The highest BCUT2D eigenvalue weighted by molar-refractivity contribution is 5.68. The van der Waals surface area contributed by atoms with Crippen molar-refractivity contribution < 1.29 is 9.90 Å². The molecule has 1 saturated carbocycles. The monoisotopic (exact) mass is 240 g/mol. The standard InChI is InChI=1S/C13H24N2O2/c1-2-10-5-3-4-6-11(10)15-13(7-12(16)17)8-14-9-13/h10-11,14-15H,2-9H2,1H3,(H,16,17). The zero-order valence-corrected chi connectivity index (χ0v) is 10.7. The van der Waals surface area contributed by atoms with E-state index >= 15 is 0 Å². The summed E-state index contributed by atoms with van der Waals surface area (Å²) in [6.45, 7) is 3.84. The van der Waals surface area contributed by atoms with Crippen molar-refractivity contribution >= 4 is 5.97 Å². The topological polar surface area (TPSA) is 61.4 Å². The van der Waals surface area contributed by atoms with Crippen LogP contribution in [0.1, 0.15) is 45.4 Å². The van der Waals surface area contributed by atoms with E-state index in [2.05, 4.69) is 17.6 Å². The maximum absolute atomic E-state index is 10.9. The Hall–Kier alpha value is -0.610. The van der Waals surface area contributed by atoms with Gasteiger partial charge in [0.05, 0.1) is 12.0 Å². The van der Waals surface area contributed by atoms with Gasteiger partial charge in [-0.2, -0.15) is 0 Å². The fourth-order valence-corrected chi connectivity index (χ4v) is 3.27. The summed E-state index contributed by atoms with van der Waals surface area (Å²) >= 11 is 0. The first-order chi connectivity index (χ1) is 8.15. The molecular weight excluding hydrogens is 216 g/mol. The lowest BCUT2D eigenvalue weighted by Crippen LogP contribution is -2.71. The van der Waals surface area contributed by atoms with Crippen molar-refractivity contribution in [3.05, 3.63) is 0 Å². The molecule has 4 nitrogen and oxygen atoms in total. The normalized spacial score (nSPS) is 31.8. The van der Waals surface area contributed by atoms with Crippen LogP contribution >= 0.6 is 0 Å². The van der Waals surface area contributed by atoms with Gasteiger partial charge in [0, 0.05) is 19.1 Å². The van der Waals surface area contributed by atoms with Crippen molar-refractivity contribution in [2.24, 2.45) is 5.92 Å². The van der Waals surface area contributed by atoms with Crippen LogP contribution in [0.4, 0.5) is 0 Å². The number of carboxylic acids is 1. The van der Waals surface area contributed by atoms with Crippen LogP contribution in [-0.4, -0.2) is 35.7 Å². The summed E-state index contributed by atoms with van der Waals surface area (Å²) < 4.78 is 0. The van der Waals surface area contributed by atoms with Crippen LogP contribution in [0.2, 0.25) is 0 Å². The molecule has 0 bridgehead atoms. The molecule has 2 atom stereocenters. The molecule has 1 aliphatic carbocycles. The summed E-state index contributed by atoms with van der Waals surface area (Å²) in [5.41, 5.74) is -0.179. The lowest BCUT2D eigenvalue weighted by Gasteiger charge is -2.47. The van der Waals surface area contributed by atoms with Crippen LogP contribution < -0.4 is 10.6 Å². The molecule has 98 valence electrons. The number of carboxylic acid groups (broad SMARTS) is 1. The zero-order valence-electron chi connectivity index (χ0n) is 10.7. The Morgan fingerprint density at radius 3 is 2.65 bits per heavy atom. The zero-order chi connectivity index (χ0) is 12.3. The van der Waals surface area contributed by atoms with Gasteiger partial charge in [-0.25, -0.2) is 0 Å². The van der Waals surface area contributed by atoms with Crippen LogP contribution in [0, 0.1) is 5.92 Å². The van der Waals surface area contributed by atoms with Gasteiger partial charge in [-0.1, -0.05) is 26.2 Å². The minimum Gasteiger partial charge on any atom is -0.481 e. The summed E-state index contributed by atoms with van der Waals surface area (Å²) in [5, 5.41) is 15.9. The molecule has 2 aliphatic rings. The van der Waals surface area contributed by atoms with Gasteiger partial charge in [-0.3, -0.25) is 4.79 Å². The highest BCUT2D eigenvalue weighted by Crippen LogP contribution is 2.29. The van der Waals surface area contributed by atoms with Gasteiger partial charge >= 0.3 is 5.97 Å². The molecule has 0 spiro atoms. The lowest BCUT2D eigenvalue weighted by atomic mass is 9.79. The molecule has 3 N–H and O–H groups in total. The Balaban J connectivity index is 1.94. The highest BCUT2D eigenvalue weighted by atomic mass is 16.4. The fraction of sp³-hybridized carbons (Fsp3) is 0.923. The van der Waals surface area contributed by atoms with Crippen molar-refractivity contribution in [3.63, 3.8) is 0 Å². The van der Waals surface area contributed by atoms with Crippen molar-refractivity contribution in [1.29, 1.82) is 0 Å². The average Bonchev–Trinajstić information content (AvgIpc) is 2.26. The molecule has 0 amide bonds. The first kappa shape index (κ1) is 12.8. The number of carbonyl (C=O) groups is 1.